The van der Waals surface area contributed by atoms with Crippen molar-refractivity contribution in [3.8, 4) is 0 Å². The maximum absolute atomic E-state index is 6.53. The second-order valence-electron chi connectivity index (χ2n) is 7.63. The summed E-state index contributed by atoms with van der Waals surface area (Å²) >= 11 is 2.36. The van der Waals surface area contributed by atoms with Gasteiger partial charge < -0.3 is 13.7 Å². The first-order valence-corrected chi connectivity index (χ1v) is 11.8. The molecule has 0 N–H and O–H groups in total. The highest BCUT2D eigenvalue weighted by Gasteiger charge is 2.53. The van der Waals surface area contributed by atoms with Crippen molar-refractivity contribution in [3.63, 3.8) is 0 Å². The van der Waals surface area contributed by atoms with E-state index in [1.54, 1.807) is 6.33 Å². The number of rotatable bonds is 4. The minimum Gasteiger partial charge on any atom is -0.415 e. The van der Waals surface area contributed by atoms with Crippen molar-refractivity contribution in [2.24, 2.45) is 5.41 Å². The molecule has 5 nitrogen and oxygen atoms in total. The van der Waals surface area contributed by atoms with Crippen molar-refractivity contribution < 1.29 is 9.16 Å². The van der Waals surface area contributed by atoms with E-state index in [-0.39, 0.29) is 17.1 Å². The lowest BCUT2D eigenvalue weighted by molar-refractivity contribution is -0.175. The van der Waals surface area contributed by atoms with Gasteiger partial charge in [-0.1, -0.05) is 20.8 Å². The molecule has 0 spiro atoms. The van der Waals surface area contributed by atoms with Gasteiger partial charge in [-0.05, 0) is 41.1 Å². The Morgan fingerprint density at radius 1 is 1.39 bits per heavy atom. The molecule has 126 valence electrons. The highest BCUT2D eigenvalue weighted by molar-refractivity contribution is 14.1. The summed E-state index contributed by atoms with van der Waals surface area (Å²) in [7, 11) is -1.19. The fraction of sp³-hybridized carbons (Fsp3) is 0.625. The molecule has 0 saturated carbocycles. The van der Waals surface area contributed by atoms with Gasteiger partial charge in [0.1, 0.15) is 17.5 Å². The van der Waals surface area contributed by atoms with Gasteiger partial charge in [-0.3, -0.25) is 0 Å². The van der Waals surface area contributed by atoms with E-state index in [4.69, 9.17) is 9.16 Å². The molecule has 7 heteroatoms. The molecule has 1 fully saturated rings. The smallest absolute Gasteiger partial charge is 0.171 e. The highest BCUT2D eigenvalue weighted by Crippen LogP contribution is 2.43. The Bertz CT molecular complexity index is 707. The number of halogens is 1. The molecule has 1 unspecified atom stereocenters. The van der Waals surface area contributed by atoms with Crippen LogP contribution in [0.15, 0.2) is 18.7 Å². The number of hydrogen-bond donors (Lipinski definition) is 0. The minimum atomic E-state index is -1.19. The van der Waals surface area contributed by atoms with E-state index < -0.39 is 9.04 Å². The van der Waals surface area contributed by atoms with Crippen LogP contribution in [0, 0.1) is 8.99 Å². The second-order valence-corrected chi connectivity index (χ2v) is 11.2. The molecule has 0 bridgehead atoms. The van der Waals surface area contributed by atoms with Gasteiger partial charge in [-0.2, -0.15) is 0 Å². The van der Waals surface area contributed by atoms with Crippen LogP contribution >= 0.6 is 22.6 Å². The topological polar surface area (TPSA) is 49.2 Å². The third-order valence-corrected chi connectivity index (χ3v) is 5.96. The Labute approximate surface area is 152 Å². The lowest BCUT2D eigenvalue weighted by Crippen LogP contribution is -2.64. The summed E-state index contributed by atoms with van der Waals surface area (Å²) in [4.78, 5) is 8.71. The van der Waals surface area contributed by atoms with Crippen molar-refractivity contribution in [2.45, 2.75) is 45.5 Å². The zero-order valence-corrected chi connectivity index (χ0v) is 17.6. The first-order valence-electron chi connectivity index (χ1n) is 7.96. The first-order chi connectivity index (χ1) is 10.8. The Hall–Kier alpha value is -0.513. The van der Waals surface area contributed by atoms with Gasteiger partial charge in [-0.15, -0.1) is 0 Å². The van der Waals surface area contributed by atoms with Gasteiger partial charge in [0, 0.05) is 16.0 Å². The average Bonchev–Trinajstić information content (AvgIpc) is 2.74. The molecule has 1 atom stereocenters. The van der Waals surface area contributed by atoms with Crippen LogP contribution in [-0.4, -0.2) is 42.9 Å². The zero-order valence-electron chi connectivity index (χ0n) is 14.3. The number of ether oxygens (including phenoxy) is 1. The Morgan fingerprint density at radius 2 is 2.09 bits per heavy atom. The van der Waals surface area contributed by atoms with E-state index in [0.29, 0.717) is 13.2 Å². The van der Waals surface area contributed by atoms with Gasteiger partial charge in [0.15, 0.2) is 9.04 Å². The van der Waals surface area contributed by atoms with E-state index in [1.165, 1.54) is 3.57 Å². The molecule has 1 saturated heterocycles. The first kappa shape index (κ1) is 17.3. The molecule has 3 rings (SSSR count). The molecular weight excluding hydrogens is 421 g/mol. The minimum absolute atomic E-state index is 0.0239. The van der Waals surface area contributed by atoms with Crippen molar-refractivity contribution in [1.82, 2.24) is 14.5 Å². The normalized spacial score (nSPS) is 19.1. The molecule has 0 amide bonds. The van der Waals surface area contributed by atoms with Crippen LogP contribution in [0.25, 0.3) is 11.0 Å². The van der Waals surface area contributed by atoms with Gasteiger partial charge in [0.25, 0.3) is 0 Å². The second kappa shape index (κ2) is 6.09. The zero-order chi connectivity index (χ0) is 16.8. The average molecular weight is 445 g/mol. The van der Waals surface area contributed by atoms with E-state index >= 15 is 0 Å². The van der Waals surface area contributed by atoms with Crippen LogP contribution in [0.2, 0.25) is 13.1 Å². The Balaban J connectivity index is 2.15. The largest absolute Gasteiger partial charge is 0.415 e. The maximum Gasteiger partial charge on any atom is 0.171 e. The van der Waals surface area contributed by atoms with Gasteiger partial charge in [0.2, 0.25) is 0 Å². The molecule has 0 aromatic carbocycles. The molecule has 0 radical (unpaired) electrons. The predicted molar refractivity (Wildman–Crippen MR) is 102 cm³/mol. The van der Waals surface area contributed by atoms with Gasteiger partial charge >= 0.3 is 0 Å². The van der Waals surface area contributed by atoms with Crippen LogP contribution in [0.1, 0.15) is 20.8 Å². The number of aromatic nitrogens is 3. The fourth-order valence-electron chi connectivity index (χ4n) is 3.40. The molecule has 1 aliphatic rings. The molecular formula is C16H24IN3O2Si. The SMILES string of the molecule is C[SiH](C)OC(C(C)(C)C)C1(n2cc(I)c3cncnc32)COC1. The summed E-state index contributed by atoms with van der Waals surface area (Å²) in [5.41, 5.74) is 0.803. The quantitative estimate of drug-likeness (QED) is 0.536. The van der Waals surface area contributed by atoms with Crippen molar-refractivity contribution in [1.29, 1.82) is 0 Å². The van der Waals surface area contributed by atoms with Crippen LogP contribution in [0.3, 0.4) is 0 Å². The van der Waals surface area contributed by atoms with E-state index in [1.807, 2.05) is 6.20 Å². The summed E-state index contributed by atoms with van der Waals surface area (Å²) in [5.74, 6) is 0. The highest BCUT2D eigenvalue weighted by atomic mass is 127. The molecule has 2 aromatic heterocycles. The predicted octanol–water partition coefficient (Wildman–Crippen LogP) is 3.18. The molecule has 3 heterocycles. The van der Waals surface area contributed by atoms with E-state index in [0.717, 1.165) is 11.0 Å². The Morgan fingerprint density at radius 3 is 2.61 bits per heavy atom. The maximum atomic E-state index is 6.53. The molecule has 2 aromatic rings. The lowest BCUT2D eigenvalue weighted by Gasteiger charge is -2.53. The lowest BCUT2D eigenvalue weighted by atomic mass is 9.75. The van der Waals surface area contributed by atoms with Crippen LogP contribution < -0.4 is 0 Å². The van der Waals surface area contributed by atoms with Crippen molar-refractivity contribution >= 4 is 42.7 Å². The number of fused-ring (bicyclic) bond motifs is 1. The van der Waals surface area contributed by atoms with E-state index in [9.17, 15) is 0 Å². The third-order valence-electron chi connectivity index (χ3n) is 4.29. The molecule has 23 heavy (non-hydrogen) atoms. The van der Waals surface area contributed by atoms with Crippen LogP contribution in [0.4, 0.5) is 0 Å². The standard InChI is InChI=1S/C16H24IN3O2Si/c1-15(2,3)14(22-23(4)5)16(8-21-9-16)20-7-12(17)11-6-18-10-19-13(11)20/h6-7,10,14,23H,8-9H2,1-5H3. The number of hydrogen-bond acceptors (Lipinski definition) is 4. The monoisotopic (exact) mass is 445 g/mol. The summed E-state index contributed by atoms with van der Waals surface area (Å²) in [5, 5.41) is 1.09. The van der Waals surface area contributed by atoms with Gasteiger partial charge in [-0.25, -0.2) is 9.97 Å². The Kier molecular flexibility index (Phi) is 4.58. The van der Waals surface area contributed by atoms with Gasteiger partial charge in [0.05, 0.1) is 24.7 Å². The van der Waals surface area contributed by atoms with Crippen molar-refractivity contribution in [2.75, 3.05) is 13.2 Å². The summed E-state index contributed by atoms with van der Waals surface area (Å²) < 4.78 is 15.6. The summed E-state index contributed by atoms with van der Waals surface area (Å²) in [6, 6.07) is 0. The van der Waals surface area contributed by atoms with Crippen LogP contribution in [0.5, 0.6) is 0 Å². The fourth-order valence-corrected chi connectivity index (χ4v) is 5.27. The molecule has 1 aliphatic heterocycles. The van der Waals surface area contributed by atoms with E-state index in [2.05, 4.69) is 77.2 Å². The number of nitrogens with zero attached hydrogens (tertiary/aromatic N) is 3. The summed E-state index contributed by atoms with van der Waals surface area (Å²) in [6.45, 7) is 12.5. The third kappa shape index (κ3) is 2.96. The van der Waals surface area contributed by atoms with Crippen molar-refractivity contribution in [3.05, 3.63) is 22.3 Å². The van der Waals surface area contributed by atoms with Crippen LogP contribution in [-0.2, 0) is 14.7 Å². The summed E-state index contributed by atoms with van der Waals surface area (Å²) in [6.07, 6.45) is 5.77. The molecule has 0 aliphatic carbocycles.